The second kappa shape index (κ2) is 9.01. The first kappa shape index (κ1) is 19.5. The van der Waals surface area contributed by atoms with E-state index in [1.54, 1.807) is 25.3 Å². The Morgan fingerprint density at radius 3 is 2.35 bits per heavy atom. The highest BCUT2D eigenvalue weighted by atomic mass is 16.5. The number of carbonyl (C=O) groups excluding carboxylic acids is 1. The number of ketones is 1. The molecule has 0 saturated heterocycles. The van der Waals surface area contributed by atoms with Crippen LogP contribution in [0.15, 0.2) is 42.5 Å². The van der Waals surface area contributed by atoms with Gasteiger partial charge in [0.2, 0.25) is 0 Å². The van der Waals surface area contributed by atoms with Gasteiger partial charge in [0.15, 0.2) is 5.78 Å². The monoisotopic (exact) mass is 357 g/mol. The van der Waals surface area contributed by atoms with Gasteiger partial charge in [0.05, 0.1) is 11.1 Å². The third kappa shape index (κ3) is 4.40. The van der Waals surface area contributed by atoms with E-state index in [-0.39, 0.29) is 22.4 Å². The molecular weight excluding hydrogens is 334 g/mol. The number of carboxylic acids is 1. The largest absolute Gasteiger partial charge is 0.507 e. The lowest BCUT2D eigenvalue weighted by atomic mass is 9.97. The number of aromatic carboxylic acids is 1. The third-order valence-electron chi connectivity index (χ3n) is 4.15. The molecule has 2 aromatic carbocycles. The van der Waals surface area contributed by atoms with Crippen LogP contribution in [-0.4, -0.2) is 48.8 Å². The van der Waals surface area contributed by atoms with E-state index in [0.29, 0.717) is 6.61 Å². The van der Waals surface area contributed by atoms with E-state index in [0.717, 1.165) is 25.2 Å². The molecule has 2 aromatic rings. The Morgan fingerprint density at radius 2 is 1.77 bits per heavy atom. The highest BCUT2D eigenvalue weighted by molar-refractivity contribution is 6.15. The fraction of sp³-hybridized carbons (Fsp3) is 0.300. The van der Waals surface area contributed by atoms with Gasteiger partial charge in [-0.1, -0.05) is 18.2 Å². The van der Waals surface area contributed by atoms with Gasteiger partial charge >= 0.3 is 5.97 Å². The highest BCUT2D eigenvalue weighted by Crippen LogP contribution is 2.27. The number of anilines is 1. The van der Waals surface area contributed by atoms with Crippen molar-refractivity contribution in [2.45, 2.75) is 13.3 Å². The maximum atomic E-state index is 12.7. The Labute approximate surface area is 152 Å². The number of ether oxygens (including phenoxy) is 1. The van der Waals surface area contributed by atoms with Crippen molar-refractivity contribution in [1.82, 2.24) is 0 Å². The normalized spacial score (nSPS) is 10.5. The van der Waals surface area contributed by atoms with Gasteiger partial charge in [0.1, 0.15) is 5.75 Å². The Balaban J connectivity index is 2.29. The van der Waals surface area contributed by atoms with E-state index < -0.39 is 11.8 Å². The summed E-state index contributed by atoms with van der Waals surface area (Å²) in [7, 11) is 1.65. The SMILES string of the molecule is CCN(CCCOC)c1ccc(C(=O)c2ccccc2C(=O)O)c(O)c1. The first-order chi connectivity index (χ1) is 12.5. The first-order valence-electron chi connectivity index (χ1n) is 8.43. The van der Waals surface area contributed by atoms with Crippen molar-refractivity contribution in [2.24, 2.45) is 0 Å². The average Bonchev–Trinajstić information content (AvgIpc) is 2.64. The minimum atomic E-state index is -1.18. The quantitative estimate of drug-likeness (QED) is 0.529. The number of nitrogens with zero attached hydrogens (tertiary/aromatic N) is 1. The van der Waals surface area contributed by atoms with Crippen molar-refractivity contribution in [3.05, 3.63) is 59.2 Å². The average molecular weight is 357 g/mol. The van der Waals surface area contributed by atoms with Crippen molar-refractivity contribution in [2.75, 3.05) is 31.7 Å². The number of aromatic hydroxyl groups is 1. The van der Waals surface area contributed by atoms with E-state index in [1.165, 1.54) is 24.3 Å². The van der Waals surface area contributed by atoms with Gasteiger partial charge in [-0.2, -0.15) is 0 Å². The van der Waals surface area contributed by atoms with E-state index >= 15 is 0 Å². The highest BCUT2D eigenvalue weighted by Gasteiger charge is 2.20. The van der Waals surface area contributed by atoms with Crippen LogP contribution in [0.5, 0.6) is 5.75 Å². The molecule has 2 N–H and O–H groups in total. The summed E-state index contributed by atoms with van der Waals surface area (Å²) in [6.07, 6.45) is 0.845. The minimum Gasteiger partial charge on any atom is -0.507 e. The minimum absolute atomic E-state index is 0.0514. The van der Waals surface area contributed by atoms with Crippen molar-refractivity contribution < 1.29 is 24.5 Å². The lowest BCUT2D eigenvalue weighted by molar-refractivity contribution is 0.0692. The number of benzene rings is 2. The van der Waals surface area contributed by atoms with Gasteiger partial charge in [0.25, 0.3) is 0 Å². The van der Waals surface area contributed by atoms with Crippen LogP contribution in [0.1, 0.15) is 39.6 Å². The van der Waals surface area contributed by atoms with E-state index in [9.17, 15) is 19.8 Å². The topological polar surface area (TPSA) is 87.1 Å². The summed E-state index contributed by atoms with van der Waals surface area (Å²) in [6.45, 7) is 4.16. The van der Waals surface area contributed by atoms with Crippen molar-refractivity contribution in [3.63, 3.8) is 0 Å². The van der Waals surface area contributed by atoms with Crippen LogP contribution >= 0.6 is 0 Å². The predicted molar refractivity (Wildman–Crippen MR) is 99.3 cm³/mol. The molecule has 0 aliphatic rings. The molecule has 0 radical (unpaired) electrons. The molecule has 26 heavy (non-hydrogen) atoms. The lowest BCUT2D eigenvalue weighted by Crippen LogP contribution is -2.24. The molecule has 0 amide bonds. The number of carboxylic acid groups (broad SMARTS) is 1. The summed E-state index contributed by atoms with van der Waals surface area (Å²) >= 11 is 0. The number of phenols is 1. The molecule has 0 fully saturated rings. The molecule has 0 aromatic heterocycles. The smallest absolute Gasteiger partial charge is 0.336 e. The molecule has 0 aliphatic carbocycles. The van der Waals surface area contributed by atoms with Gasteiger partial charge in [-0.3, -0.25) is 4.79 Å². The van der Waals surface area contributed by atoms with Gasteiger partial charge in [-0.15, -0.1) is 0 Å². The molecule has 0 saturated carbocycles. The molecular formula is C20H23NO5. The second-order valence-corrected chi connectivity index (χ2v) is 5.81. The Morgan fingerprint density at radius 1 is 1.08 bits per heavy atom. The standard InChI is InChI=1S/C20H23NO5/c1-3-21(11-6-12-26-2)14-9-10-17(18(22)13-14)19(23)15-7-4-5-8-16(15)20(24)25/h4-5,7-10,13,22H,3,6,11-12H2,1-2H3,(H,24,25). The molecule has 2 rings (SSSR count). The molecule has 0 unspecified atom stereocenters. The van der Waals surface area contributed by atoms with Crippen LogP contribution in [0.2, 0.25) is 0 Å². The molecule has 0 spiro atoms. The number of hydrogen-bond acceptors (Lipinski definition) is 5. The van der Waals surface area contributed by atoms with E-state index in [1.807, 2.05) is 6.92 Å². The van der Waals surface area contributed by atoms with E-state index in [2.05, 4.69) is 4.90 Å². The molecule has 6 heteroatoms. The van der Waals surface area contributed by atoms with Crippen molar-refractivity contribution >= 4 is 17.4 Å². The molecule has 138 valence electrons. The number of rotatable bonds is 9. The summed E-state index contributed by atoms with van der Waals surface area (Å²) in [5.41, 5.74) is 0.839. The predicted octanol–water partition coefficient (Wildman–Crippen LogP) is 3.18. The molecule has 6 nitrogen and oxygen atoms in total. The van der Waals surface area contributed by atoms with Gasteiger partial charge in [-0.05, 0) is 31.5 Å². The molecule has 0 aliphatic heterocycles. The van der Waals surface area contributed by atoms with E-state index in [4.69, 9.17) is 4.74 Å². The van der Waals surface area contributed by atoms with Gasteiger partial charge in [0, 0.05) is 44.1 Å². The summed E-state index contributed by atoms with van der Waals surface area (Å²) in [6, 6.07) is 10.8. The lowest BCUT2D eigenvalue weighted by Gasteiger charge is -2.23. The van der Waals surface area contributed by atoms with Crippen molar-refractivity contribution in [1.29, 1.82) is 0 Å². The molecule has 0 atom stereocenters. The van der Waals surface area contributed by atoms with Crippen molar-refractivity contribution in [3.8, 4) is 5.75 Å². The Kier molecular flexibility index (Phi) is 6.74. The van der Waals surface area contributed by atoms with Crippen LogP contribution in [-0.2, 0) is 4.74 Å². The third-order valence-corrected chi connectivity index (χ3v) is 4.15. The summed E-state index contributed by atoms with van der Waals surface area (Å²) in [5, 5.41) is 19.6. The fourth-order valence-corrected chi connectivity index (χ4v) is 2.79. The fourth-order valence-electron chi connectivity index (χ4n) is 2.79. The van der Waals surface area contributed by atoms with Gasteiger partial charge < -0.3 is 19.8 Å². The molecule has 0 bridgehead atoms. The maximum Gasteiger partial charge on any atom is 0.336 e. The van der Waals surface area contributed by atoms with Crippen LogP contribution in [0, 0.1) is 0 Å². The first-order valence-corrected chi connectivity index (χ1v) is 8.43. The zero-order valence-electron chi connectivity index (χ0n) is 14.9. The number of methoxy groups -OCH3 is 1. The zero-order valence-corrected chi connectivity index (χ0v) is 14.9. The number of phenolic OH excluding ortho intramolecular Hbond substituents is 1. The number of hydrogen-bond donors (Lipinski definition) is 2. The maximum absolute atomic E-state index is 12.7. The van der Waals surface area contributed by atoms with Crippen LogP contribution in [0.4, 0.5) is 5.69 Å². The Bertz CT molecular complexity index is 788. The molecule has 0 heterocycles. The second-order valence-electron chi connectivity index (χ2n) is 5.81. The van der Waals surface area contributed by atoms with Crippen LogP contribution < -0.4 is 4.90 Å². The zero-order chi connectivity index (χ0) is 19.1. The summed E-state index contributed by atoms with van der Waals surface area (Å²) in [5.74, 6) is -1.87. The Hall–Kier alpha value is -2.86. The van der Waals surface area contributed by atoms with Gasteiger partial charge in [-0.25, -0.2) is 4.79 Å². The van der Waals surface area contributed by atoms with Crippen LogP contribution in [0.3, 0.4) is 0 Å². The number of carbonyl (C=O) groups is 2. The van der Waals surface area contributed by atoms with Crippen LogP contribution in [0.25, 0.3) is 0 Å². The summed E-state index contributed by atoms with van der Waals surface area (Å²) in [4.78, 5) is 26.1. The summed E-state index contributed by atoms with van der Waals surface area (Å²) < 4.78 is 5.06.